The van der Waals surface area contributed by atoms with Crippen LogP contribution in [0.25, 0.3) is 16.8 Å². The molecule has 0 aliphatic rings. The van der Waals surface area contributed by atoms with Crippen LogP contribution < -0.4 is 5.32 Å². The Morgan fingerprint density at radius 2 is 1.66 bits per heavy atom. The lowest BCUT2D eigenvalue weighted by molar-refractivity contribution is -0.113. The number of aromatic carboxylic acids is 1. The molecule has 0 bridgehead atoms. The number of anilines is 1. The van der Waals surface area contributed by atoms with Crippen LogP contribution in [0.5, 0.6) is 0 Å². The quantitative estimate of drug-likeness (QED) is 0.385. The number of carboxylic acids is 1. The van der Waals surface area contributed by atoms with Gasteiger partial charge in [-0.25, -0.2) is 14.2 Å². The van der Waals surface area contributed by atoms with Crippen molar-refractivity contribution in [2.75, 3.05) is 11.1 Å². The fourth-order valence-electron chi connectivity index (χ4n) is 3.21. The van der Waals surface area contributed by atoms with E-state index < -0.39 is 11.8 Å². The van der Waals surface area contributed by atoms with Crippen LogP contribution in [0.3, 0.4) is 0 Å². The Morgan fingerprint density at radius 1 is 0.969 bits per heavy atom. The van der Waals surface area contributed by atoms with Crippen molar-refractivity contribution in [1.82, 2.24) is 9.55 Å². The number of thioether (sulfide) groups is 1. The average Bonchev–Trinajstić information content (AvgIpc) is 3.23. The van der Waals surface area contributed by atoms with Crippen LogP contribution in [0.15, 0.2) is 90.2 Å². The van der Waals surface area contributed by atoms with Crippen LogP contribution in [0, 0.1) is 5.82 Å². The molecule has 4 aromatic rings. The first-order valence-corrected chi connectivity index (χ1v) is 10.7. The lowest BCUT2D eigenvalue weighted by Gasteiger charge is -2.12. The van der Waals surface area contributed by atoms with Gasteiger partial charge in [-0.1, -0.05) is 60.3 Å². The minimum atomic E-state index is -1.17. The molecule has 0 saturated carbocycles. The summed E-state index contributed by atoms with van der Waals surface area (Å²) in [6, 6.07) is 22.6. The van der Waals surface area contributed by atoms with Crippen molar-refractivity contribution in [2.24, 2.45) is 0 Å². The minimum Gasteiger partial charge on any atom is -0.477 e. The highest BCUT2D eigenvalue weighted by atomic mass is 32.2. The number of rotatable bonds is 7. The number of halogens is 1. The number of hydrogen-bond acceptors (Lipinski definition) is 4. The third kappa shape index (κ3) is 4.70. The summed E-state index contributed by atoms with van der Waals surface area (Å²) >= 11 is 1.10. The summed E-state index contributed by atoms with van der Waals surface area (Å²) in [5.41, 5.74) is 2.92. The molecule has 0 aliphatic heterocycles. The highest BCUT2D eigenvalue weighted by Gasteiger charge is 2.19. The predicted molar refractivity (Wildman–Crippen MR) is 122 cm³/mol. The Balaban J connectivity index is 1.52. The molecule has 0 aliphatic carbocycles. The smallest absolute Gasteiger partial charge is 0.354 e. The molecule has 2 N–H and O–H groups in total. The Kier molecular flexibility index (Phi) is 6.32. The lowest BCUT2D eigenvalue weighted by atomic mass is 10.0. The molecule has 3 aromatic carbocycles. The molecule has 0 unspecified atom stereocenters. The molecule has 1 amide bonds. The average molecular weight is 447 g/mol. The Labute approximate surface area is 187 Å². The van der Waals surface area contributed by atoms with Crippen LogP contribution in [0.2, 0.25) is 0 Å². The molecule has 6 nitrogen and oxygen atoms in total. The second-order valence-corrected chi connectivity index (χ2v) is 7.73. The molecule has 0 saturated heterocycles. The van der Waals surface area contributed by atoms with Gasteiger partial charge in [0, 0.05) is 16.9 Å². The van der Waals surface area contributed by atoms with Gasteiger partial charge < -0.3 is 10.4 Å². The Bertz CT molecular complexity index is 1260. The zero-order valence-electron chi connectivity index (χ0n) is 16.7. The number of carboxylic acid groups (broad SMARTS) is 1. The van der Waals surface area contributed by atoms with E-state index in [2.05, 4.69) is 10.3 Å². The van der Waals surface area contributed by atoms with Gasteiger partial charge in [0.15, 0.2) is 10.9 Å². The van der Waals surface area contributed by atoms with E-state index >= 15 is 0 Å². The number of aromatic nitrogens is 2. The van der Waals surface area contributed by atoms with E-state index in [1.807, 2.05) is 54.6 Å². The molecule has 4 rings (SSSR count). The fourth-order valence-corrected chi connectivity index (χ4v) is 4.00. The number of amides is 1. The maximum absolute atomic E-state index is 13.3. The van der Waals surface area contributed by atoms with Gasteiger partial charge in [0.25, 0.3) is 0 Å². The minimum absolute atomic E-state index is 0.0143. The predicted octanol–water partition coefficient (Wildman–Crippen LogP) is 5.11. The van der Waals surface area contributed by atoms with E-state index in [-0.39, 0.29) is 17.4 Å². The summed E-state index contributed by atoms with van der Waals surface area (Å²) in [7, 11) is 0. The molecule has 0 atom stereocenters. The van der Waals surface area contributed by atoms with Gasteiger partial charge in [0.1, 0.15) is 5.82 Å². The molecule has 32 heavy (non-hydrogen) atoms. The van der Waals surface area contributed by atoms with Crippen molar-refractivity contribution < 1.29 is 19.1 Å². The Morgan fingerprint density at radius 3 is 2.38 bits per heavy atom. The molecule has 0 spiro atoms. The molecular weight excluding hydrogens is 429 g/mol. The normalized spacial score (nSPS) is 10.7. The zero-order chi connectivity index (χ0) is 22.5. The van der Waals surface area contributed by atoms with Gasteiger partial charge in [0.2, 0.25) is 5.91 Å². The second-order valence-electron chi connectivity index (χ2n) is 6.79. The molecule has 0 fully saturated rings. The molecule has 160 valence electrons. The van der Waals surface area contributed by atoms with E-state index in [4.69, 9.17) is 0 Å². The topological polar surface area (TPSA) is 84.2 Å². The van der Waals surface area contributed by atoms with Crippen LogP contribution in [0.4, 0.5) is 10.1 Å². The van der Waals surface area contributed by atoms with Crippen molar-refractivity contribution in [1.29, 1.82) is 0 Å². The SMILES string of the molecule is O=C(CSc1ncc(C(=O)O)n1-c1ccc(F)cc1)Nc1ccccc1-c1ccccc1. The molecule has 1 heterocycles. The summed E-state index contributed by atoms with van der Waals surface area (Å²) in [5, 5.41) is 12.7. The second kappa shape index (κ2) is 9.49. The fraction of sp³-hybridized carbons (Fsp3) is 0.0417. The van der Waals surface area contributed by atoms with Crippen LogP contribution in [0.1, 0.15) is 10.5 Å². The number of hydrogen-bond donors (Lipinski definition) is 2. The van der Waals surface area contributed by atoms with E-state index in [9.17, 15) is 19.1 Å². The summed E-state index contributed by atoms with van der Waals surface area (Å²) in [5.74, 6) is -1.85. The van der Waals surface area contributed by atoms with Gasteiger partial charge in [-0.15, -0.1) is 0 Å². The van der Waals surface area contributed by atoms with Crippen LogP contribution in [-0.2, 0) is 4.79 Å². The maximum atomic E-state index is 13.3. The third-order valence-corrected chi connectivity index (χ3v) is 5.60. The van der Waals surface area contributed by atoms with Gasteiger partial charge in [-0.3, -0.25) is 9.36 Å². The van der Waals surface area contributed by atoms with Crippen molar-refractivity contribution in [3.63, 3.8) is 0 Å². The van der Waals surface area contributed by atoms with Gasteiger partial charge in [-0.2, -0.15) is 0 Å². The summed E-state index contributed by atoms with van der Waals surface area (Å²) in [4.78, 5) is 28.4. The molecule has 8 heteroatoms. The van der Waals surface area contributed by atoms with E-state index in [0.717, 1.165) is 22.9 Å². The number of nitrogens with zero attached hydrogens (tertiary/aromatic N) is 2. The first-order valence-electron chi connectivity index (χ1n) is 9.67. The van der Waals surface area contributed by atoms with Gasteiger partial charge in [-0.05, 0) is 35.9 Å². The van der Waals surface area contributed by atoms with Crippen LogP contribution >= 0.6 is 11.8 Å². The van der Waals surface area contributed by atoms with Crippen molar-refractivity contribution >= 4 is 29.3 Å². The first kappa shape index (κ1) is 21.3. The standard InChI is InChI=1S/C24H18FN3O3S/c25-17-10-12-18(13-11-17)28-21(23(30)31)14-26-24(28)32-15-22(29)27-20-9-5-4-8-19(20)16-6-2-1-3-7-16/h1-14H,15H2,(H,27,29)(H,30,31). The number of para-hydroxylation sites is 1. The van der Waals surface area contributed by atoms with E-state index in [1.165, 1.54) is 35.0 Å². The highest BCUT2D eigenvalue weighted by molar-refractivity contribution is 7.99. The zero-order valence-corrected chi connectivity index (χ0v) is 17.6. The number of benzene rings is 3. The van der Waals surface area contributed by atoms with Crippen molar-refractivity contribution in [2.45, 2.75) is 5.16 Å². The lowest BCUT2D eigenvalue weighted by Crippen LogP contribution is -2.15. The Hall–Kier alpha value is -3.91. The molecular formula is C24H18FN3O3S. The maximum Gasteiger partial charge on any atom is 0.354 e. The summed E-state index contributed by atoms with van der Waals surface area (Å²) < 4.78 is 14.7. The van der Waals surface area contributed by atoms with Crippen molar-refractivity contribution in [3.8, 4) is 16.8 Å². The van der Waals surface area contributed by atoms with Crippen LogP contribution in [-0.4, -0.2) is 32.3 Å². The van der Waals surface area contributed by atoms with Gasteiger partial charge >= 0.3 is 5.97 Å². The van der Waals surface area contributed by atoms with E-state index in [0.29, 0.717) is 16.5 Å². The largest absolute Gasteiger partial charge is 0.477 e. The summed E-state index contributed by atoms with van der Waals surface area (Å²) in [6.45, 7) is 0. The number of nitrogens with one attached hydrogen (secondary N) is 1. The van der Waals surface area contributed by atoms with E-state index in [1.54, 1.807) is 0 Å². The molecule has 0 radical (unpaired) electrons. The monoisotopic (exact) mass is 447 g/mol. The number of carbonyl (C=O) groups is 2. The summed E-state index contributed by atoms with van der Waals surface area (Å²) in [6.07, 6.45) is 1.22. The van der Waals surface area contributed by atoms with Crippen molar-refractivity contribution in [3.05, 3.63) is 96.6 Å². The first-order chi connectivity index (χ1) is 15.5. The molecule has 1 aromatic heterocycles. The third-order valence-electron chi connectivity index (χ3n) is 4.65. The highest BCUT2D eigenvalue weighted by Crippen LogP contribution is 2.28. The van der Waals surface area contributed by atoms with Gasteiger partial charge in [0.05, 0.1) is 11.9 Å². The number of carbonyl (C=O) groups excluding carboxylic acids is 1. The number of imidazole rings is 1.